The molecule has 0 aliphatic rings. The van der Waals surface area contributed by atoms with Crippen LogP contribution in [0.2, 0.25) is 0 Å². The molecule has 0 unspecified atom stereocenters. The molecule has 0 heterocycles. The lowest BCUT2D eigenvalue weighted by atomic mass is 9.90. The van der Waals surface area contributed by atoms with E-state index in [4.69, 9.17) is 4.74 Å². The number of amides is 2. The fraction of sp³-hybridized carbons (Fsp3) is 0.192. The highest BCUT2D eigenvalue weighted by Crippen LogP contribution is 2.25. The number of hydrogen-bond donors (Lipinski definition) is 2. The molecule has 3 rings (SSSR count). The second-order valence-corrected chi connectivity index (χ2v) is 7.50. The van der Waals surface area contributed by atoms with E-state index in [1.807, 2.05) is 67.6 Å². The maximum atomic E-state index is 13.2. The molecule has 0 saturated carbocycles. The van der Waals surface area contributed by atoms with Crippen molar-refractivity contribution in [2.75, 3.05) is 12.4 Å². The number of anilines is 1. The van der Waals surface area contributed by atoms with Gasteiger partial charge in [0.25, 0.3) is 0 Å². The molecule has 0 aliphatic heterocycles. The Balaban J connectivity index is 1.76. The van der Waals surface area contributed by atoms with Gasteiger partial charge in [-0.1, -0.05) is 66.7 Å². The van der Waals surface area contributed by atoms with Gasteiger partial charge in [0.05, 0.1) is 18.6 Å². The number of benzene rings is 3. The number of hydrogen-bond acceptors (Lipinski definition) is 4. The predicted molar refractivity (Wildman–Crippen MR) is 123 cm³/mol. The van der Waals surface area contributed by atoms with Crippen molar-refractivity contribution >= 4 is 23.5 Å². The zero-order valence-electron chi connectivity index (χ0n) is 18.3. The molecule has 6 heteroatoms. The van der Waals surface area contributed by atoms with Gasteiger partial charge in [-0.15, -0.1) is 0 Å². The van der Waals surface area contributed by atoms with Gasteiger partial charge in [-0.3, -0.25) is 9.59 Å². The molecule has 32 heavy (non-hydrogen) atoms. The minimum Gasteiger partial charge on any atom is -0.465 e. The van der Waals surface area contributed by atoms with Crippen LogP contribution < -0.4 is 10.6 Å². The maximum absolute atomic E-state index is 13.2. The topological polar surface area (TPSA) is 84.5 Å². The molecule has 3 aromatic carbocycles. The summed E-state index contributed by atoms with van der Waals surface area (Å²) in [5.74, 6) is -1.69. The third kappa shape index (κ3) is 5.40. The molecular weight excluding hydrogens is 404 g/mol. The lowest BCUT2D eigenvalue weighted by molar-refractivity contribution is -0.126. The average Bonchev–Trinajstić information content (AvgIpc) is 2.81. The lowest BCUT2D eigenvalue weighted by Gasteiger charge is -2.21. The summed E-state index contributed by atoms with van der Waals surface area (Å²) in [4.78, 5) is 37.8. The molecule has 0 radical (unpaired) electrons. The Morgan fingerprint density at radius 3 is 1.91 bits per heavy atom. The van der Waals surface area contributed by atoms with Crippen LogP contribution in [0.25, 0.3) is 0 Å². The predicted octanol–water partition coefficient (Wildman–Crippen LogP) is 4.06. The first-order chi connectivity index (χ1) is 15.4. The molecule has 0 bridgehead atoms. The first kappa shape index (κ1) is 22.7. The quantitative estimate of drug-likeness (QED) is 0.554. The standard InChI is InChI=1S/C26H26N2O4/c1-17-14-15-21(26(31)32-3)16-22(17)28-24(29)18(2)27-25(30)23(19-10-6-4-7-11-19)20-12-8-5-9-13-20/h4-16,18,23H,1-3H3,(H,27,30)(H,28,29)/t18-/m0/s1. The SMILES string of the molecule is COC(=O)c1ccc(C)c(NC(=O)[C@H](C)NC(=O)C(c2ccccc2)c2ccccc2)c1. The summed E-state index contributed by atoms with van der Waals surface area (Å²) in [5, 5.41) is 5.61. The fourth-order valence-electron chi connectivity index (χ4n) is 3.39. The smallest absolute Gasteiger partial charge is 0.337 e. The van der Waals surface area contributed by atoms with Gasteiger partial charge in [-0.2, -0.15) is 0 Å². The number of nitrogens with one attached hydrogen (secondary N) is 2. The van der Waals surface area contributed by atoms with Crippen LogP contribution >= 0.6 is 0 Å². The summed E-state index contributed by atoms with van der Waals surface area (Å²) in [6.07, 6.45) is 0. The van der Waals surface area contributed by atoms with Crippen LogP contribution in [0, 0.1) is 6.92 Å². The molecule has 0 aliphatic carbocycles. The number of carbonyl (C=O) groups is 3. The van der Waals surface area contributed by atoms with E-state index >= 15 is 0 Å². The van der Waals surface area contributed by atoms with Crippen molar-refractivity contribution < 1.29 is 19.1 Å². The Kier molecular flexibility index (Phi) is 7.39. The second-order valence-electron chi connectivity index (χ2n) is 7.50. The maximum Gasteiger partial charge on any atom is 0.337 e. The molecule has 0 spiro atoms. The Bertz CT molecular complexity index is 1060. The highest BCUT2D eigenvalue weighted by atomic mass is 16.5. The van der Waals surface area contributed by atoms with Gasteiger partial charge in [0.2, 0.25) is 11.8 Å². The molecule has 0 aromatic heterocycles. The van der Waals surface area contributed by atoms with Crippen molar-refractivity contribution in [1.29, 1.82) is 0 Å². The van der Waals surface area contributed by atoms with Gasteiger partial charge in [0.1, 0.15) is 6.04 Å². The molecule has 0 saturated heterocycles. The monoisotopic (exact) mass is 430 g/mol. The van der Waals surface area contributed by atoms with E-state index < -0.39 is 17.9 Å². The van der Waals surface area contributed by atoms with Crippen molar-refractivity contribution in [2.45, 2.75) is 25.8 Å². The van der Waals surface area contributed by atoms with Gasteiger partial charge >= 0.3 is 5.97 Å². The molecule has 2 amide bonds. The third-order valence-electron chi connectivity index (χ3n) is 5.20. The molecule has 6 nitrogen and oxygen atoms in total. The normalized spacial score (nSPS) is 11.5. The van der Waals surface area contributed by atoms with Crippen LogP contribution in [0.3, 0.4) is 0 Å². The van der Waals surface area contributed by atoms with Gasteiger partial charge in [-0.25, -0.2) is 4.79 Å². The van der Waals surface area contributed by atoms with Gasteiger partial charge < -0.3 is 15.4 Å². The van der Waals surface area contributed by atoms with Gasteiger partial charge in [0, 0.05) is 5.69 Å². The van der Waals surface area contributed by atoms with Crippen molar-refractivity contribution in [3.8, 4) is 0 Å². The summed E-state index contributed by atoms with van der Waals surface area (Å²) in [6, 6.07) is 23.0. The highest BCUT2D eigenvalue weighted by molar-refractivity contribution is 6.00. The van der Waals surface area contributed by atoms with E-state index in [2.05, 4.69) is 10.6 Å². The van der Waals surface area contributed by atoms with E-state index in [1.165, 1.54) is 7.11 Å². The number of carbonyl (C=O) groups excluding carboxylic acids is 3. The zero-order chi connectivity index (χ0) is 23.1. The van der Waals surface area contributed by atoms with Crippen LogP contribution in [0.5, 0.6) is 0 Å². The highest BCUT2D eigenvalue weighted by Gasteiger charge is 2.26. The van der Waals surface area contributed by atoms with Crippen LogP contribution in [0.15, 0.2) is 78.9 Å². The molecule has 3 aromatic rings. The summed E-state index contributed by atoms with van der Waals surface area (Å²) in [5.41, 5.74) is 3.28. The minimum absolute atomic E-state index is 0.273. The fourth-order valence-corrected chi connectivity index (χ4v) is 3.39. The van der Waals surface area contributed by atoms with Crippen molar-refractivity contribution in [3.05, 3.63) is 101 Å². The minimum atomic E-state index is -0.793. The average molecular weight is 431 g/mol. The van der Waals surface area contributed by atoms with E-state index in [-0.39, 0.29) is 11.8 Å². The van der Waals surface area contributed by atoms with Crippen LogP contribution in [0.4, 0.5) is 5.69 Å². The van der Waals surface area contributed by atoms with Crippen LogP contribution in [-0.4, -0.2) is 30.9 Å². The molecule has 2 N–H and O–H groups in total. The second kappa shape index (κ2) is 10.4. The Morgan fingerprint density at radius 2 is 1.38 bits per heavy atom. The summed E-state index contributed by atoms with van der Waals surface area (Å²) in [6.45, 7) is 3.44. The van der Waals surface area contributed by atoms with Crippen molar-refractivity contribution in [1.82, 2.24) is 5.32 Å². The Morgan fingerprint density at radius 1 is 0.812 bits per heavy atom. The third-order valence-corrected chi connectivity index (χ3v) is 5.20. The lowest BCUT2D eigenvalue weighted by Crippen LogP contribution is -2.44. The van der Waals surface area contributed by atoms with Crippen LogP contribution in [-0.2, 0) is 14.3 Å². The number of ether oxygens (including phenoxy) is 1. The summed E-state index contributed by atoms with van der Waals surface area (Å²) >= 11 is 0. The van der Waals surface area contributed by atoms with Crippen LogP contribution in [0.1, 0.15) is 39.9 Å². The largest absolute Gasteiger partial charge is 0.465 e. The Hall–Kier alpha value is -3.93. The van der Waals surface area contributed by atoms with Crippen molar-refractivity contribution in [2.24, 2.45) is 0 Å². The summed E-state index contributed by atoms with van der Waals surface area (Å²) in [7, 11) is 1.30. The number of esters is 1. The van der Waals surface area contributed by atoms with E-state index in [9.17, 15) is 14.4 Å². The molecule has 164 valence electrons. The van der Waals surface area contributed by atoms with E-state index in [0.29, 0.717) is 11.3 Å². The molecule has 0 fully saturated rings. The summed E-state index contributed by atoms with van der Waals surface area (Å²) < 4.78 is 4.74. The zero-order valence-corrected chi connectivity index (χ0v) is 18.3. The first-order valence-electron chi connectivity index (χ1n) is 10.3. The van der Waals surface area contributed by atoms with E-state index in [1.54, 1.807) is 25.1 Å². The molecule has 1 atom stereocenters. The van der Waals surface area contributed by atoms with E-state index in [0.717, 1.165) is 16.7 Å². The number of rotatable bonds is 7. The van der Waals surface area contributed by atoms with Gasteiger partial charge in [-0.05, 0) is 42.7 Å². The number of aryl methyl sites for hydroxylation is 1. The molecular formula is C26H26N2O4. The first-order valence-corrected chi connectivity index (χ1v) is 10.3. The Labute approximate surface area is 187 Å². The number of methoxy groups -OCH3 is 1. The van der Waals surface area contributed by atoms with Crippen molar-refractivity contribution in [3.63, 3.8) is 0 Å². The van der Waals surface area contributed by atoms with Gasteiger partial charge in [0.15, 0.2) is 0 Å².